The Morgan fingerprint density at radius 1 is 0.769 bits per heavy atom. The van der Waals surface area contributed by atoms with Crippen molar-refractivity contribution in [2.75, 3.05) is 0 Å². The summed E-state index contributed by atoms with van der Waals surface area (Å²) in [7, 11) is 0. The minimum absolute atomic E-state index is 0.00336. The fourth-order valence-corrected chi connectivity index (χ4v) is 2.73. The lowest BCUT2D eigenvalue weighted by molar-refractivity contribution is -0.138. The number of nitrogens with zero attached hydrogens (tertiary/aromatic N) is 2. The second-order valence-corrected chi connectivity index (χ2v) is 5.45. The van der Waals surface area contributed by atoms with E-state index in [0.717, 1.165) is 36.4 Å². The van der Waals surface area contributed by atoms with Crippen molar-refractivity contribution in [3.05, 3.63) is 69.8 Å². The highest BCUT2D eigenvalue weighted by Gasteiger charge is 2.36. The third-order valence-electron chi connectivity index (χ3n) is 3.90. The molecule has 0 aromatic heterocycles. The van der Waals surface area contributed by atoms with Gasteiger partial charge in [0.1, 0.15) is 0 Å². The quantitative estimate of drug-likeness (QED) is 0.451. The Bertz CT molecular complexity index is 993. The second-order valence-electron chi connectivity index (χ2n) is 5.45. The first kappa shape index (κ1) is 17.7. The van der Waals surface area contributed by atoms with Gasteiger partial charge in [-0.15, -0.1) is 0 Å². The van der Waals surface area contributed by atoms with E-state index < -0.39 is 23.5 Å². The zero-order valence-electron chi connectivity index (χ0n) is 12.6. The molecule has 3 nitrogen and oxygen atoms in total. The van der Waals surface area contributed by atoms with Crippen molar-refractivity contribution in [2.45, 2.75) is 12.4 Å². The Balaban J connectivity index is 2.28. The van der Waals surface area contributed by atoms with Crippen LogP contribution in [-0.4, -0.2) is 11.4 Å². The summed E-state index contributed by atoms with van der Waals surface area (Å²) >= 11 is 0. The van der Waals surface area contributed by atoms with Crippen molar-refractivity contribution in [1.82, 2.24) is 0 Å². The number of fused-ring (bicyclic) bond motifs is 2. The Morgan fingerprint density at radius 2 is 1.27 bits per heavy atom. The van der Waals surface area contributed by atoms with E-state index in [-0.39, 0.29) is 33.7 Å². The lowest BCUT2D eigenvalue weighted by Crippen LogP contribution is -2.23. The molecular formula is C17H7F6N3. The van der Waals surface area contributed by atoms with Gasteiger partial charge in [0, 0.05) is 22.3 Å². The average molecular weight is 367 g/mol. The van der Waals surface area contributed by atoms with E-state index in [1.54, 1.807) is 0 Å². The summed E-state index contributed by atoms with van der Waals surface area (Å²) in [5, 5.41) is 17.0. The Labute approximate surface area is 142 Å². The predicted octanol–water partition coefficient (Wildman–Crippen LogP) is 4.77. The van der Waals surface area contributed by atoms with Gasteiger partial charge in [0.2, 0.25) is 6.19 Å². The normalized spacial score (nSPS) is 15.4. The van der Waals surface area contributed by atoms with Gasteiger partial charge in [0.25, 0.3) is 0 Å². The van der Waals surface area contributed by atoms with Crippen molar-refractivity contribution in [2.24, 2.45) is 4.99 Å². The number of benzene rings is 2. The van der Waals surface area contributed by atoms with Gasteiger partial charge in [-0.3, -0.25) is 5.41 Å². The molecule has 26 heavy (non-hydrogen) atoms. The molecule has 2 aromatic carbocycles. The van der Waals surface area contributed by atoms with E-state index in [0.29, 0.717) is 0 Å². The van der Waals surface area contributed by atoms with Crippen LogP contribution in [0.5, 0.6) is 0 Å². The van der Waals surface area contributed by atoms with E-state index in [2.05, 4.69) is 4.99 Å². The first-order chi connectivity index (χ1) is 12.0. The molecule has 0 spiro atoms. The monoisotopic (exact) mass is 367 g/mol. The van der Waals surface area contributed by atoms with Crippen molar-refractivity contribution in [3.8, 4) is 6.19 Å². The number of hydrogen-bond donors (Lipinski definition) is 1. The van der Waals surface area contributed by atoms with Gasteiger partial charge in [-0.2, -0.15) is 36.6 Å². The van der Waals surface area contributed by atoms with Gasteiger partial charge in [0.05, 0.1) is 22.6 Å². The summed E-state index contributed by atoms with van der Waals surface area (Å²) < 4.78 is 77.7. The molecule has 0 heterocycles. The van der Waals surface area contributed by atoms with Gasteiger partial charge >= 0.3 is 12.4 Å². The SMILES string of the molecule is N#C/N=C1\c2ccc(C(F)(F)F)cc2C(=N)c2ccc(C(F)(F)F)cc21. The number of halogens is 6. The summed E-state index contributed by atoms with van der Waals surface area (Å²) in [5.41, 5.74) is -2.90. The fraction of sp³-hybridized carbons (Fsp3) is 0.118. The molecule has 0 saturated carbocycles. The topological polar surface area (TPSA) is 60.0 Å². The summed E-state index contributed by atoms with van der Waals surface area (Å²) in [4.78, 5) is 3.49. The predicted molar refractivity (Wildman–Crippen MR) is 80.1 cm³/mol. The summed E-state index contributed by atoms with van der Waals surface area (Å²) in [6.45, 7) is 0. The second kappa shape index (κ2) is 5.69. The molecule has 0 fully saturated rings. The van der Waals surface area contributed by atoms with Gasteiger partial charge in [0.15, 0.2) is 0 Å². The molecule has 0 bridgehead atoms. The molecule has 0 atom stereocenters. The molecule has 1 aliphatic carbocycles. The van der Waals surface area contributed by atoms with Crippen LogP contribution in [-0.2, 0) is 12.4 Å². The van der Waals surface area contributed by atoms with Crippen LogP contribution in [0.2, 0.25) is 0 Å². The minimum atomic E-state index is -4.66. The summed E-state index contributed by atoms with van der Waals surface area (Å²) in [6.07, 6.45) is -7.86. The van der Waals surface area contributed by atoms with Crippen LogP contribution in [0, 0.1) is 16.9 Å². The molecule has 9 heteroatoms. The summed E-state index contributed by atoms with van der Waals surface area (Å²) in [5.74, 6) is 0. The third-order valence-corrected chi connectivity index (χ3v) is 3.90. The molecule has 0 radical (unpaired) electrons. The smallest absolute Gasteiger partial charge is 0.300 e. The molecule has 0 saturated heterocycles. The maximum atomic E-state index is 13.0. The zero-order chi connectivity index (χ0) is 19.3. The van der Waals surface area contributed by atoms with E-state index in [9.17, 15) is 26.3 Å². The highest BCUT2D eigenvalue weighted by Crippen LogP contribution is 2.37. The summed E-state index contributed by atoms with van der Waals surface area (Å²) in [6, 6.07) is 4.93. The van der Waals surface area contributed by atoms with Crippen molar-refractivity contribution in [3.63, 3.8) is 0 Å². The van der Waals surface area contributed by atoms with Gasteiger partial charge in [-0.25, -0.2) is 0 Å². The lowest BCUT2D eigenvalue weighted by atomic mass is 9.81. The van der Waals surface area contributed by atoms with Crippen LogP contribution in [0.1, 0.15) is 33.4 Å². The Morgan fingerprint density at radius 3 is 1.77 bits per heavy atom. The zero-order valence-corrected chi connectivity index (χ0v) is 12.6. The highest BCUT2D eigenvalue weighted by atomic mass is 19.4. The van der Waals surface area contributed by atoms with Crippen LogP contribution in [0.3, 0.4) is 0 Å². The average Bonchev–Trinajstić information content (AvgIpc) is 2.56. The first-order valence-corrected chi connectivity index (χ1v) is 7.03. The number of rotatable bonds is 0. The Kier molecular flexibility index (Phi) is 3.87. The lowest BCUT2D eigenvalue weighted by Gasteiger charge is -2.23. The van der Waals surface area contributed by atoms with Crippen LogP contribution in [0.15, 0.2) is 41.4 Å². The molecule has 2 aromatic rings. The third kappa shape index (κ3) is 2.83. The van der Waals surface area contributed by atoms with Gasteiger partial charge < -0.3 is 0 Å². The van der Waals surface area contributed by atoms with Gasteiger partial charge in [-0.05, 0) is 24.3 Å². The number of nitrogens with one attached hydrogen (secondary N) is 1. The fourth-order valence-electron chi connectivity index (χ4n) is 2.73. The molecular weight excluding hydrogens is 360 g/mol. The van der Waals surface area contributed by atoms with E-state index in [4.69, 9.17) is 10.7 Å². The maximum absolute atomic E-state index is 13.0. The van der Waals surface area contributed by atoms with Crippen molar-refractivity contribution < 1.29 is 26.3 Å². The standard InChI is InChI=1S/C17H7F6N3/c18-16(19,20)8-2-4-11-12(5-8)14(25)10-3-1-9(17(21,22)23)6-13(10)15(11)26-7-24/h1-6,25H/b25-14?,26-15+. The largest absolute Gasteiger partial charge is 0.416 e. The van der Waals surface area contributed by atoms with E-state index >= 15 is 0 Å². The van der Waals surface area contributed by atoms with E-state index in [1.165, 1.54) is 6.19 Å². The molecule has 1 N–H and O–H groups in total. The first-order valence-electron chi connectivity index (χ1n) is 7.03. The molecule has 1 aliphatic rings. The number of hydrogen-bond acceptors (Lipinski definition) is 3. The molecule has 3 rings (SSSR count). The highest BCUT2D eigenvalue weighted by molar-refractivity contribution is 6.31. The number of aliphatic imine (C=N–C) groups is 1. The van der Waals surface area contributed by atoms with Crippen LogP contribution in [0.25, 0.3) is 0 Å². The van der Waals surface area contributed by atoms with Crippen LogP contribution < -0.4 is 0 Å². The van der Waals surface area contributed by atoms with Crippen LogP contribution in [0.4, 0.5) is 26.3 Å². The molecule has 0 aliphatic heterocycles. The van der Waals surface area contributed by atoms with Crippen molar-refractivity contribution in [1.29, 1.82) is 10.7 Å². The minimum Gasteiger partial charge on any atom is -0.300 e. The Hall–Kier alpha value is -3.15. The maximum Gasteiger partial charge on any atom is 0.416 e. The molecule has 0 amide bonds. The van der Waals surface area contributed by atoms with Gasteiger partial charge in [-0.1, -0.05) is 12.1 Å². The number of alkyl halides is 6. The number of nitriles is 1. The molecule has 132 valence electrons. The van der Waals surface area contributed by atoms with E-state index in [1.807, 2.05) is 0 Å². The molecule has 0 unspecified atom stereocenters. The van der Waals surface area contributed by atoms with Crippen molar-refractivity contribution >= 4 is 11.4 Å². The van der Waals surface area contributed by atoms with Crippen LogP contribution >= 0.6 is 0 Å².